The van der Waals surface area contributed by atoms with Gasteiger partial charge in [-0.1, -0.05) is 32.1 Å². The van der Waals surface area contributed by atoms with Crippen molar-refractivity contribution in [1.29, 1.82) is 0 Å². The molecule has 1 unspecified atom stereocenters. The number of hydrogen-bond donors (Lipinski definition) is 1. The summed E-state index contributed by atoms with van der Waals surface area (Å²) in [6.45, 7) is 9.26. The van der Waals surface area contributed by atoms with Crippen LogP contribution in [-0.2, 0) is 16.0 Å². The molecular formula is C20H26N4O3S. The van der Waals surface area contributed by atoms with E-state index in [4.69, 9.17) is 4.74 Å². The molecule has 3 rings (SSSR count). The number of carbonyl (C=O) groups excluding carboxylic acids is 2. The summed E-state index contributed by atoms with van der Waals surface area (Å²) in [6.07, 6.45) is 0.987. The molecule has 1 aliphatic heterocycles. The lowest BCUT2D eigenvalue weighted by Gasteiger charge is -2.17. The molecule has 0 spiro atoms. The van der Waals surface area contributed by atoms with Crippen molar-refractivity contribution >= 4 is 34.0 Å². The summed E-state index contributed by atoms with van der Waals surface area (Å²) in [5.74, 6) is 0.0961. The first-order valence-corrected chi connectivity index (χ1v) is 10.2. The van der Waals surface area contributed by atoms with Crippen molar-refractivity contribution in [2.24, 2.45) is 11.3 Å². The molecule has 8 heteroatoms. The Hall–Kier alpha value is -2.48. The highest BCUT2D eigenvalue weighted by Gasteiger charge is 2.35. The van der Waals surface area contributed by atoms with E-state index in [-0.39, 0.29) is 23.7 Å². The molecule has 0 saturated carbocycles. The molecule has 1 saturated heterocycles. The van der Waals surface area contributed by atoms with Gasteiger partial charge in [0.2, 0.25) is 16.9 Å². The van der Waals surface area contributed by atoms with Crippen molar-refractivity contribution in [3.05, 3.63) is 29.3 Å². The Bertz CT molecular complexity index is 842. The predicted octanol–water partition coefficient (Wildman–Crippen LogP) is 3.52. The standard InChI is InChI=1S/C20H26N4O3S/c1-5-27-15-8-6-14(7-9-15)24-12-13(10-17(24)25)18(26)21-19-23-22-16(28-19)11-20(2,3)4/h6-9,13H,5,10-12H2,1-4H3,(H,21,23,26). The first-order chi connectivity index (χ1) is 13.2. The third-order valence-corrected chi connectivity index (χ3v) is 5.17. The highest BCUT2D eigenvalue weighted by atomic mass is 32.1. The van der Waals surface area contributed by atoms with Gasteiger partial charge < -0.3 is 15.0 Å². The summed E-state index contributed by atoms with van der Waals surface area (Å²) < 4.78 is 5.43. The Morgan fingerprint density at radius 3 is 2.64 bits per heavy atom. The minimum atomic E-state index is -0.408. The van der Waals surface area contributed by atoms with Crippen molar-refractivity contribution in [3.63, 3.8) is 0 Å². The van der Waals surface area contributed by atoms with Gasteiger partial charge >= 0.3 is 0 Å². The van der Waals surface area contributed by atoms with Gasteiger partial charge in [-0.2, -0.15) is 0 Å². The Labute approximate surface area is 169 Å². The number of hydrogen-bond acceptors (Lipinski definition) is 6. The summed E-state index contributed by atoms with van der Waals surface area (Å²) in [4.78, 5) is 26.6. The van der Waals surface area contributed by atoms with E-state index < -0.39 is 5.92 Å². The van der Waals surface area contributed by atoms with Crippen molar-refractivity contribution in [3.8, 4) is 5.75 Å². The summed E-state index contributed by atoms with van der Waals surface area (Å²) >= 11 is 1.38. The van der Waals surface area contributed by atoms with Gasteiger partial charge in [-0.3, -0.25) is 9.59 Å². The van der Waals surface area contributed by atoms with Gasteiger partial charge in [-0.05, 0) is 36.6 Å². The van der Waals surface area contributed by atoms with E-state index in [0.29, 0.717) is 18.3 Å². The van der Waals surface area contributed by atoms with Crippen LogP contribution in [0.2, 0.25) is 0 Å². The van der Waals surface area contributed by atoms with E-state index in [0.717, 1.165) is 22.9 Å². The fourth-order valence-corrected chi connectivity index (χ4v) is 4.10. The number of nitrogens with zero attached hydrogens (tertiary/aromatic N) is 3. The predicted molar refractivity (Wildman–Crippen MR) is 110 cm³/mol. The lowest BCUT2D eigenvalue weighted by Crippen LogP contribution is -2.28. The Balaban J connectivity index is 1.60. The molecule has 0 bridgehead atoms. The lowest BCUT2D eigenvalue weighted by molar-refractivity contribution is -0.122. The Morgan fingerprint density at radius 2 is 2.00 bits per heavy atom. The number of benzene rings is 1. The number of ether oxygens (including phenoxy) is 1. The molecule has 2 heterocycles. The maximum atomic E-state index is 12.6. The summed E-state index contributed by atoms with van der Waals surface area (Å²) in [5.41, 5.74) is 0.879. The zero-order valence-corrected chi connectivity index (χ0v) is 17.5. The summed E-state index contributed by atoms with van der Waals surface area (Å²) in [5, 5.41) is 12.4. The largest absolute Gasteiger partial charge is 0.494 e. The van der Waals surface area contributed by atoms with Crippen LogP contribution in [0.5, 0.6) is 5.75 Å². The van der Waals surface area contributed by atoms with E-state index in [1.807, 2.05) is 31.2 Å². The zero-order chi connectivity index (χ0) is 20.3. The topological polar surface area (TPSA) is 84.4 Å². The van der Waals surface area contributed by atoms with E-state index in [2.05, 4.69) is 36.3 Å². The van der Waals surface area contributed by atoms with Crippen molar-refractivity contribution in [2.45, 2.75) is 40.5 Å². The highest BCUT2D eigenvalue weighted by molar-refractivity contribution is 7.15. The van der Waals surface area contributed by atoms with Gasteiger partial charge in [0.1, 0.15) is 10.8 Å². The van der Waals surface area contributed by atoms with Gasteiger partial charge in [0.25, 0.3) is 0 Å². The molecular weight excluding hydrogens is 376 g/mol. The fraction of sp³-hybridized carbons (Fsp3) is 0.500. The molecule has 150 valence electrons. The summed E-state index contributed by atoms with van der Waals surface area (Å²) in [6, 6.07) is 7.34. The van der Waals surface area contributed by atoms with E-state index in [1.54, 1.807) is 4.90 Å². The maximum Gasteiger partial charge on any atom is 0.231 e. The van der Waals surface area contributed by atoms with Crippen molar-refractivity contribution < 1.29 is 14.3 Å². The third-order valence-electron chi connectivity index (χ3n) is 4.33. The molecule has 1 aromatic heterocycles. The first kappa shape index (κ1) is 20.3. The van der Waals surface area contributed by atoms with Gasteiger partial charge in [0, 0.05) is 25.1 Å². The average Bonchev–Trinajstić information content (AvgIpc) is 3.21. The molecule has 0 radical (unpaired) electrons. The van der Waals surface area contributed by atoms with Gasteiger partial charge in [0.05, 0.1) is 12.5 Å². The van der Waals surface area contributed by atoms with Gasteiger partial charge in [0.15, 0.2) is 0 Å². The normalized spacial score (nSPS) is 17.1. The molecule has 2 aromatic rings. The van der Waals surface area contributed by atoms with Crippen LogP contribution in [0.15, 0.2) is 24.3 Å². The Kier molecular flexibility index (Phi) is 5.98. The Morgan fingerprint density at radius 1 is 1.29 bits per heavy atom. The van der Waals surface area contributed by atoms with Crippen molar-refractivity contribution in [2.75, 3.05) is 23.4 Å². The highest BCUT2D eigenvalue weighted by Crippen LogP contribution is 2.29. The molecule has 1 aliphatic rings. The minimum Gasteiger partial charge on any atom is -0.494 e. The number of carbonyl (C=O) groups is 2. The molecule has 1 fully saturated rings. The maximum absolute atomic E-state index is 12.6. The van der Waals surface area contributed by atoms with E-state index in [1.165, 1.54) is 11.3 Å². The monoisotopic (exact) mass is 402 g/mol. The second-order valence-electron chi connectivity index (χ2n) is 8.06. The third kappa shape index (κ3) is 5.07. The number of rotatable bonds is 6. The smallest absolute Gasteiger partial charge is 0.231 e. The fourth-order valence-electron chi connectivity index (χ4n) is 3.06. The number of nitrogens with one attached hydrogen (secondary N) is 1. The number of amides is 2. The lowest BCUT2D eigenvalue weighted by atomic mass is 9.93. The van der Waals surface area contributed by atoms with Crippen LogP contribution in [0.4, 0.5) is 10.8 Å². The minimum absolute atomic E-state index is 0.0602. The quantitative estimate of drug-likeness (QED) is 0.799. The number of aromatic nitrogens is 2. The van der Waals surface area contributed by atoms with E-state index in [9.17, 15) is 9.59 Å². The molecule has 1 atom stereocenters. The molecule has 7 nitrogen and oxygen atoms in total. The first-order valence-electron chi connectivity index (χ1n) is 9.41. The average molecular weight is 403 g/mol. The molecule has 2 amide bonds. The van der Waals surface area contributed by atoms with Crippen LogP contribution >= 0.6 is 11.3 Å². The van der Waals surface area contributed by atoms with Crippen molar-refractivity contribution in [1.82, 2.24) is 10.2 Å². The van der Waals surface area contributed by atoms with Crippen LogP contribution in [0, 0.1) is 11.3 Å². The summed E-state index contributed by atoms with van der Waals surface area (Å²) in [7, 11) is 0. The van der Waals surface area contributed by atoms with Crippen LogP contribution in [0.1, 0.15) is 39.1 Å². The molecule has 28 heavy (non-hydrogen) atoms. The molecule has 0 aliphatic carbocycles. The van der Waals surface area contributed by atoms with Crippen LogP contribution < -0.4 is 15.0 Å². The molecule has 1 aromatic carbocycles. The van der Waals surface area contributed by atoms with Crippen LogP contribution in [0.25, 0.3) is 0 Å². The zero-order valence-electron chi connectivity index (χ0n) is 16.7. The second-order valence-corrected chi connectivity index (χ2v) is 9.12. The molecule has 1 N–H and O–H groups in total. The van der Waals surface area contributed by atoms with E-state index >= 15 is 0 Å². The second kappa shape index (κ2) is 8.26. The SMILES string of the molecule is CCOc1ccc(N2CC(C(=O)Nc3nnc(CC(C)(C)C)s3)CC2=O)cc1. The van der Waals surface area contributed by atoms with Gasteiger partial charge in [-0.15, -0.1) is 10.2 Å². The van der Waals surface area contributed by atoms with Crippen LogP contribution in [-0.4, -0.2) is 35.2 Å². The number of anilines is 2. The van der Waals surface area contributed by atoms with Gasteiger partial charge in [-0.25, -0.2) is 0 Å². The van der Waals surface area contributed by atoms with Crippen LogP contribution in [0.3, 0.4) is 0 Å².